The summed E-state index contributed by atoms with van der Waals surface area (Å²) in [5, 5.41) is 3.46. The van der Waals surface area contributed by atoms with Gasteiger partial charge in [-0.15, -0.1) is 0 Å². The normalized spacial score (nSPS) is 19.0. The molecule has 118 valence electrons. The largest absolute Gasteiger partial charge is 0.338 e. The van der Waals surface area contributed by atoms with Crippen LogP contribution in [0.2, 0.25) is 0 Å². The van der Waals surface area contributed by atoms with Crippen LogP contribution in [0, 0.1) is 18.8 Å². The monoisotopic (exact) mass is 290 g/mol. The SMILES string of the molecule is Cc1nc(N2CCCC2C(C)C)ncc1CNCC(C)C. The molecule has 21 heavy (non-hydrogen) atoms. The molecule has 1 aromatic heterocycles. The second-order valence-corrected chi connectivity index (χ2v) is 6.95. The summed E-state index contributed by atoms with van der Waals surface area (Å²) in [5.41, 5.74) is 2.31. The van der Waals surface area contributed by atoms with Crippen molar-refractivity contribution < 1.29 is 0 Å². The number of nitrogens with zero attached hydrogens (tertiary/aromatic N) is 3. The van der Waals surface area contributed by atoms with Crippen molar-refractivity contribution in [3.63, 3.8) is 0 Å². The Morgan fingerprint density at radius 2 is 2.10 bits per heavy atom. The number of hydrogen-bond acceptors (Lipinski definition) is 4. The van der Waals surface area contributed by atoms with Crippen LogP contribution in [0.15, 0.2) is 6.20 Å². The maximum absolute atomic E-state index is 4.76. The van der Waals surface area contributed by atoms with E-state index in [1.807, 2.05) is 6.20 Å². The molecule has 1 aliphatic rings. The third-order valence-corrected chi connectivity index (χ3v) is 4.26. The van der Waals surface area contributed by atoms with E-state index in [4.69, 9.17) is 4.98 Å². The van der Waals surface area contributed by atoms with Gasteiger partial charge >= 0.3 is 0 Å². The molecule has 0 bridgehead atoms. The van der Waals surface area contributed by atoms with E-state index >= 15 is 0 Å². The zero-order valence-electron chi connectivity index (χ0n) is 14.2. The molecule has 1 aliphatic heterocycles. The highest BCUT2D eigenvalue weighted by Gasteiger charge is 2.29. The Kier molecular flexibility index (Phi) is 5.57. The summed E-state index contributed by atoms with van der Waals surface area (Å²) >= 11 is 0. The molecule has 0 saturated carbocycles. The highest BCUT2D eigenvalue weighted by molar-refractivity contribution is 5.36. The summed E-state index contributed by atoms with van der Waals surface area (Å²) in [7, 11) is 0. The maximum atomic E-state index is 4.76. The highest BCUT2D eigenvalue weighted by atomic mass is 15.3. The topological polar surface area (TPSA) is 41.1 Å². The molecule has 0 aliphatic carbocycles. The van der Waals surface area contributed by atoms with E-state index in [0.717, 1.165) is 31.3 Å². The standard InChI is InChI=1S/C17H30N4/c1-12(2)9-18-10-15-11-19-17(20-14(15)5)21-8-6-7-16(21)13(3)4/h11-13,16,18H,6-10H2,1-5H3. The molecule has 1 saturated heterocycles. The van der Waals surface area contributed by atoms with Crippen LogP contribution in [0.3, 0.4) is 0 Å². The molecule has 0 aromatic carbocycles. The van der Waals surface area contributed by atoms with Gasteiger partial charge in [0.05, 0.1) is 0 Å². The van der Waals surface area contributed by atoms with E-state index < -0.39 is 0 Å². The predicted molar refractivity (Wildman–Crippen MR) is 88.5 cm³/mol. The van der Waals surface area contributed by atoms with E-state index in [9.17, 15) is 0 Å². The summed E-state index contributed by atoms with van der Waals surface area (Å²) in [6, 6.07) is 0.592. The van der Waals surface area contributed by atoms with Gasteiger partial charge in [0, 0.05) is 36.6 Å². The van der Waals surface area contributed by atoms with Crippen molar-refractivity contribution in [1.82, 2.24) is 15.3 Å². The van der Waals surface area contributed by atoms with Crippen molar-refractivity contribution in [2.24, 2.45) is 11.8 Å². The summed E-state index contributed by atoms with van der Waals surface area (Å²) < 4.78 is 0. The molecular formula is C17H30N4. The lowest BCUT2D eigenvalue weighted by molar-refractivity contribution is 0.486. The molecule has 1 atom stereocenters. The number of aromatic nitrogens is 2. The van der Waals surface area contributed by atoms with Gasteiger partial charge < -0.3 is 10.2 Å². The first-order valence-corrected chi connectivity index (χ1v) is 8.29. The predicted octanol–water partition coefficient (Wildman–Crippen LogP) is 3.16. The number of hydrogen-bond donors (Lipinski definition) is 1. The first-order valence-electron chi connectivity index (χ1n) is 8.29. The fourth-order valence-electron chi connectivity index (χ4n) is 3.02. The minimum Gasteiger partial charge on any atom is -0.338 e. The van der Waals surface area contributed by atoms with E-state index in [1.165, 1.54) is 18.4 Å². The summed E-state index contributed by atoms with van der Waals surface area (Å²) in [6.45, 7) is 14.1. The molecule has 1 N–H and O–H groups in total. The molecule has 0 radical (unpaired) electrons. The first kappa shape index (κ1) is 16.2. The van der Waals surface area contributed by atoms with Crippen LogP contribution in [0.5, 0.6) is 0 Å². The second kappa shape index (κ2) is 7.21. The number of rotatable bonds is 6. The smallest absolute Gasteiger partial charge is 0.225 e. The molecule has 1 fully saturated rings. The Labute approximate surface area is 129 Å². The number of aryl methyl sites for hydroxylation is 1. The minimum atomic E-state index is 0.592. The van der Waals surface area contributed by atoms with E-state index in [-0.39, 0.29) is 0 Å². The minimum absolute atomic E-state index is 0.592. The van der Waals surface area contributed by atoms with Gasteiger partial charge in [0.1, 0.15) is 0 Å². The van der Waals surface area contributed by atoms with E-state index in [0.29, 0.717) is 17.9 Å². The maximum Gasteiger partial charge on any atom is 0.225 e. The third-order valence-electron chi connectivity index (χ3n) is 4.26. The second-order valence-electron chi connectivity index (χ2n) is 6.95. The molecule has 2 heterocycles. The van der Waals surface area contributed by atoms with Gasteiger partial charge in [0.25, 0.3) is 0 Å². The van der Waals surface area contributed by atoms with Crippen molar-refractivity contribution in [3.05, 3.63) is 17.5 Å². The lowest BCUT2D eigenvalue weighted by Gasteiger charge is -2.28. The molecular weight excluding hydrogens is 260 g/mol. The Bertz CT molecular complexity index is 456. The van der Waals surface area contributed by atoms with Gasteiger partial charge in [0.2, 0.25) is 5.95 Å². The van der Waals surface area contributed by atoms with Crippen LogP contribution < -0.4 is 10.2 Å². The lowest BCUT2D eigenvalue weighted by atomic mass is 10.0. The van der Waals surface area contributed by atoms with Gasteiger partial charge in [-0.25, -0.2) is 9.97 Å². The fourth-order valence-corrected chi connectivity index (χ4v) is 3.02. The van der Waals surface area contributed by atoms with E-state index in [2.05, 4.69) is 49.8 Å². The number of nitrogens with one attached hydrogen (secondary N) is 1. The molecule has 4 heteroatoms. The van der Waals surface area contributed by atoms with Gasteiger partial charge in [-0.3, -0.25) is 0 Å². The average Bonchev–Trinajstić information content (AvgIpc) is 2.89. The van der Waals surface area contributed by atoms with Crippen LogP contribution in [0.25, 0.3) is 0 Å². The first-order chi connectivity index (χ1) is 9.99. The van der Waals surface area contributed by atoms with Crippen molar-refractivity contribution in [2.45, 2.75) is 60.0 Å². The quantitative estimate of drug-likeness (QED) is 0.874. The Morgan fingerprint density at radius 3 is 2.71 bits per heavy atom. The van der Waals surface area contributed by atoms with Crippen molar-refractivity contribution in [3.8, 4) is 0 Å². The molecule has 2 rings (SSSR count). The summed E-state index contributed by atoms with van der Waals surface area (Å²) in [4.78, 5) is 11.8. The van der Waals surface area contributed by atoms with Gasteiger partial charge in [0.15, 0.2) is 0 Å². The molecule has 1 unspecified atom stereocenters. The highest BCUT2D eigenvalue weighted by Crippen LogP contribution is 2.27. The van der Waals surface area contributed by atoms with Crippen LogP contribution in [0.1, 0.15) is 51.8 Å². The Hall–Kier alpha value is -1.16. The van der Waals surface area contributed by atoms with Crippen molar-refractivity contribution in [1.29, 1.82) is 0 Å². The van der Waals surface area contributed by atoms with Gasteiger partial charge in [-0.2, -0.15) is 0 Å². The Balaban J connectivity index is 2.04. The van der Waals surface area contributed by atoms with Crippen LogP contribution in [-0.4, -0.2) is 29.1 Å². The fraction of sp³-hybridized carbons (Fsp3) is 0.765. The molecule has 0 amide bonds. The summed E-state index contributed by atoms with van der Waals surface area (Å²) in [5.74, 6) is 2.24. The number of anilines is 1. The zero-order chi connectivity index (χ0) is 15.4. The third kappa shape index (κ3) is 4.16. The lowest BCUT2D eigenvalue weighted by Crippen LogP contribution is -2.34. The van der Waals surface area contributed by atoms with Gasteiger partial charge in [-0.1, -0.05) is 27.7 Å². The van der Waals surface area contributed by atoms with Crippen molar-refractivity contribution in [2.75, 3.05) is 18.0 Å². The van der Waals surface area contributed by atoms with Gasteiger partial charge in [-0.05, 0) is 38.1 Å². The average molecular weight is 290 g/mol. The molecule has 0 spiro atoms. The van der Waals surface area contributed by atoms with E-state index in [1.54, 1.807) is 0 Å². The summed E-state index contributed by atoms with van der Waals surface area (Å²) in [6.07, 6.45) is 4.52. The Morgan fingerprint density at radius 1 is 1.33 bits per heavy atom. The molecule has 1 aromatic rings. The van der Waals surface area contributed by atoms with Crippen molar-refractivity contribution >= 4 is 5.95 Å². The zero-order valence-corrected chi connectivity index (χ0v) is 14.2. The van der Waals surface area contributed by atoms with Crippen LogP contribution in [0.4, 0.5) is 5.95 Å². The molecule has 4 nitrogen and oxygen atoms in total. The van der Waals surface area contributed by atoms with Crippen LogP contribution >= 0.6 is 0 Å². The van der Waals surface area contributed by atoms with Crippen LogP contribution in [-0.2, 0) is 6.54 Å².